The average Bonchev–Trinajstić information content (AvgIpc) is 1.34. The van der Waals surface area contributed by atoms with Crippen LogP contribution >= 0.6 is 20.8 Å². The van der Waals surface area contributed by atoms with Gasteiger partial charge in [0.15, 0.2) is 22.4 Å². The average molecular weight is 1290 g/mol. The quantitative estimate of drug-likeness (QED) is 0.0500. The van der Waals surface area contributed by atoms with Crippen molar-refractivity contribution in [1.29, 1.82) is 0 Å². The Hall–Kier alpha value is -9.79. The van der Waals surface area contributed by atoms with Crippen LogP contribution in [0.5, 0.6) is 0 Å². The number of hydrogen-bond acceptors (Lipinski definition) is 3. The van der Waals surface area contributed by atoms with E-state index in [1.54, 1.807) is 0 Å². The van der Waals surface area contributed by atoms with E-state index < -0.39 is 21.5 Å². The van der Waals surface area contributed by atoms with Crippen LogP contribution in [0.2, 0.25) is 0 Å². The molecule has 442 valence electrons. The van der Waals surface area contributed by atoms with Crippen molar-refractivity contribution in [2.45, 2.75) is 13.8 Å². The van der Waals surface area contributed by atoms with Gasteiger partial charge < -0.3 is 8.83 Å². The molecule has 0 spiro atoms. The predicted molar refractivity (Wildman–Crippen MR) is 400 cm³/mol. The van der Waals surface area contributed by atoms with Gasteiger partial charge in [0.1, 0.15) is 22.3 Å². The summed E-state index contributed by atoms with van der Waals surface area (Å²) >= 11 is 4.24. The molecular weight excluding hydrogens is 1220 g/mol. The van der Waals surface area contributed by atoms with Crippen LogP contribution < -0.4 is 57.4 Å². The molecule has 13 aromatic carbocycles. The summed E-state index contributed by atoms with van der Waals surface area (Å²) in [6.45, 7) is 10.7. The summed E-state index contributed by atoms with van der Waals surface area (Å²) < 4.78 is 12.6. The molecule has 3 nitrogen and oxygen atoms in total. The molecule has 0 aliphatic rings. The maximum atomic E-state index is 12.4. The van der Waals surface area contributed by atoms with Gasteiger partial charge in [-0.2, -0.15) is 0 Å². The Morgan fingerprint density at radius 1 is 0.330 bits per heavy atom. The smallest absolute Gasteiger partial charge is 0.179 e. The second-order valence-electron chi connectivity index (χ2n) is 23.5. The van der Waals surface area contributed by atoms with Gasteiger partial charge in [-0.15, -0.1) is 0 Å². The van der Waals surface area contributed by atoms with Crippen molar-refractivity contribution in [3.63, 3.8) is 0 Å². The van der Waals surface area contributed by atoms with Crippen molar-refractivity contribution < 1.29 is 13.6 Å². The van der Waals surface area contributed by atoms with Gasteiger partial charge in [0.2, 0.25) is 0 Å². The van der Waals surface area contributed by atoms with Gasteiger partial charge in [-0.05, 0) is 85.7 Å². The number of benzene rings is 13. The van der Waals surface area contributed by atoms with E-state index in [9.17, 15) is 4.79 Å². The third-order valence-corrected chi connectivity index (χ3v) is 35.8. The van der Waals surface area contributed by atoms with Crippen LogP contribution in [0.3, 0.4) is 0 Å². The first-order chi connectivity index (χ1) is 44.5. The first kappa shape index (κ1) is 60.1. The first-order valence-corrected chi connectivity index (χ1v) is 39.5. The molecule has 0 N–H and O–H groups in total. The molecule has 0 saturated heterocycles. The third-order valence-electron chi connectivity index (χ3n) is 18.1. The molecule has 0 atom stereocenters. The van der Waals surface area contributed by atoms with Crippen molar-refractivity contribution in [3.05, 3.63) is 362 Å². The van der Waals surface area contributed by atoms with Crippen LogP contribution in [0.4, 0.5) is 0 Å². The van der Waals surface area contributed by atoms with Crippen LogP contribution in [0.15, 0.2) is 349 Å². The van der Waals surface area contributed by atoms with E-state index in [0.29, 0.717) is 11.1 Å². The van der Waals surface area contributed by atoms with Crippen molar-refractivity contribution in [2.24, 2.45) is 0 Å². The van der Waals surface area contributed by atoms with Crippen molar-refractivity contribution in [1.82, 2.24) is 0 Å². The Bertz CT molecular complexity index is 4460. The monoisotopic (exact) mass is 1290 g/mol. The van der Waals surface area contributed by atoms with E-state index in [1.807, 2.05) is 18.2 Å². The summed E-state index contributed by atoms with van der Waals surface area (Å²) in [6, 6.07) is 119. The van der Waals surface area contributed by atoms with E-state index in [1.165, 1.54) is 63.0 Å². The molecule has 0 fully saturated rings. The standard InChI is InChI=1S/C33H26OSi.C32H24O2Si.C19H18BrP/c1-3-25-22-29(23-31-30-21-24(2)19-20-32(30)34-33(25)31)35(26-13-7-4-8-14-26,27-15-9-5-10-16-27)28-17-11-6-12-18-28;1-23-17-18-31-29(19-23)30-21-28(20-24(22-33)32(30)34-31)35(25-11-5-2-6-12-25,26-13-7-3-8-14-26)27-15-9-4-10-16-27;1-21(20,17-11-5-2-6-12-17,18-13-7-3-8-14-18)19-15-9-4-10-16-19/h3-23H,1H2,2H3;2-22H,1H3;2-16H,1H3. The largest absolute Gasteiger partial charge is 0.455 e. The minimum absolute atomic E-state index is 0.589. The predicted octanol–water partition coefficient (Wildman–Crippen LogP) is 15.5. The van der Waals surface area contributed by atoms with Gasteiger partial charge in [0.05, 0.1) is 5.56 Å². The van der Waals surface area contributed by atoms with Gasteiger partial charge >= 0.3 is 134 Å². The van der Waals surface area contributed by atoms with Gasteiger partial charge in [-0.25, -0.2) is 0 Å². The Labute approximate surface area is 543 Å². The van der Waals surface area contributed by atoms with E-state index in [-0.39, 0.29) is 0 Å². The van der Waals surface area contributed by atoms with Crippen LogP contribution in [0, 0.1) is 13.8 Å². The molecule has 15 rings (SSSR count). The fourth-order valence-corrected chi connectivity index (χ4v) is 28.9. The molecule has 2 heterocycles. The van der Waals surface area contributed by atoms with Crippen LogP contribution in [0.25, 0.3) is 50.0 Å². The maximum absolute atomic E-state index is 12.4. The number of aldehydes is 1. The normalized spacial score (nSPS) is 12.1. The Morgan fingerprint density at radius 2 is 0.593 bits per heavy atom. The number of carbonyl (C=O) groups is 1. The first-order valence-electron chi connectivity index (χ1n) is 30.8. The van der Waals surface area contributed by atoms with Gasteiger partial charge in [-0.3, -0.25) is 4.79 Å². The molecule has 0 aliphatic heterocycles. The van der Waals surface area contributed by atoms with Crippen molar-refractivity contribution in [3.8, 4) is 0 Å². The second kappa shape index (κ2) is 25.6. The number of rotatable bonds is 13. The van der Waals surface area contributed by atoms with Crippen LogP contribution in [-0.2, 0) is 0 Å². The fourth-order valence-electron chi connectivity index (χ4n) is 13.6. The molecule has 91 heavy (non-hydrogen) atoms. The topological polar surface area (TPSA) is 43.4 Å². The Balaban J connectivity index is 0.000000129. The molecule has 0 unspecified atom stereocenters. The molecule has 0 saturated carbocycles. The summed E-state index contributed by atoms with van der Waals surface area (Å²) in [7, 11) is -5.37. The maximum Gasteiger partial charge on any atom is 0.179 e. The van der Waals surface area contributed by atoms with Gasteiger partial charge in [0, 0.05) is 27.1 Å². The summed E-state index contributed by atoms with van der Waals surface area (Å²) in [5.41, 5.74) is 7.29. The van der Waals surface area contributed by atoms with Gasteiger partial charge in [-0.1, -0.05) is 236 Å². The number of fused-ring (bicyclic) bond motifs is 6. The zero-order valence-corrected chi connectivity index (χ0v) is 55.6. The van der Waals surface area contributed by atoms with E-state index in [4.69, 9.17) is 8.83 Å². The van der Waals surface area contributed by atoms with E-state index in [0.717, 1.165) is 55.7 Å². The van der Waals surface area contributed by atoms with Crippen molar-refractivity contribution in [2.75, 3.05) is 6.66 Å². The molecule has 0 amide bonds. The summed E-state index contributed by atoms with van der Waals surface area (Å²) in [6.07, 6.45) is 2.86. The zero-order chi connectivity index (χ0) is 62.4. The molecule has 15 aromatic rings. The summed E-state index contributed by atoms with van der Waals surface area (Å²) in [5.74, 6) is 0. The molecule has 2 aromatic heterocycles. The summed E-state index contributed by atoms with van der Waals surface area (Å²) in [5, 5.41) is 16.2. The number of aryl methyl sites for hydroxylation is 2. The molecule has 7 heteroatoms. The Morgan fingerprint density at radius 3 is 0.868 bits per heavy atom. The summed E-state index contributed by atoms with van der Waals surface area (Å²) in [4.78, 5) is 12.4. The molecular formula is C84H68BrO3PSi2. The fraction of sp³-hybridized carbons (Fsp3) is 0.0357. The second-order valence-corrected chi connectivity index (χ2v) is 40.9. The van der Waals surface area contributed by atoms with Crippen molar-refractivity contribution >= 4 is 151 Å². The molecule has 0 aliphatic carbocycles. The third kappa shape index (κ3) is 10.9. The van der Waals surface area contributed by atoms with Gasteiger partial charge in [0.25, 0.3) is 0 Å². The number of carbonyl (C=O) groups excluding carboxylic acids is 1. The van der Waals surface area contributed by atoms with Crippen LogP contribution in [-0.4, -0.2) is 29.1 Å². The minimum atomic E-state index is -2.74. The van der Waals surface area contributed by atoms with Crippen LogP contribution in [0.1, 0.15) is 27.0 Å². The van der Waals surface area contributed by atoms with E-state index >= 15 is 0 Å². The zero-order valence-electron chi connectivity index (χ0n) is 51.2. The van der Waals surface area contributed by atoms with E-state index in [2.05, 4.69) is 364 Å². The molecule has 0 radical (unpaired) electrons. The number of halogens is 1. The number of hydrogen-bond donors (Lipinski definition) is 0. The number of furan rings is 2. The SMILES string of the molecule is C=Cc1cc([Si](c2ccccc2)(c2ccccc2)c2ccccc2)cc2c1oc1ccc(C)cc12.CP(Br)(c1ccccc1)(c1ccccc1)c1ccccc1.Cc1ccc2oc3c(C=O)cc([Si](c4ccccc4)(c4ccccc4)c4ccccc4)cc3c2c1. The minimum Gasteiger partial charge on any atom is -0.455 e. The Kier molecular flexibility index (Phi) is 16.9. The molecule has 0 bridgehead atoms.